The highest BCUT2D eigenvalue weighted by atomic mass is 79.9. The highest BCUT2D eigenvalue weighted by Crippen LogP contribution is 2.18. The second-order valence-corrected chi connectivity index (χ2v) is 4.37. The van der Waals surface area contributed by atoms with Crippen LogP contribution in [0.25, 0.3) is 11.0 Å². The van der Waals surface area contributed by atoms with Gasteiger partial charge in [-0.3, -0.25) is 0 Å². The molecule has 0 bridgehead atoms. The van der Waals surface area contributed by atoms with Crippen molar-refractivity contribution in [3.05, 3.63) is 30.6 Å². The van der Waals surface area contributed by atoms with E-state index in [0.717, 1.165) is 13.0 Å². The predicted molar refractivity (Wildman–Crippen MR) is 67.4 cm³/mol. The Balaban J connectivity index is 0.00000162. The summed E-state index contributed by atoms with van der Waals surface area (Å²) < 4.78 is 4.47. The third kappa shape index (κ3) is 2.73. The topological polar surface area (TPSA) is 32.6 Å². The predicted octanol–water partition coefficient (Wildman–Crippen LogP) is -0.183. The van der Waals surface area contributed by atoms with Crippen LogP contribution in [-0.2, 0) is 6.54 Å². The number of rotatable bonds is 4. The summed E-state index contributed by atoms with van der Waals surface area (Å²) in [7, 11) is 0. The second kappa shape index (κ2) is 6.55. The molecule has 96 valence electrons. The molecule has 2 rings (SSSR count). The lowest BCUT2D eigenvalue weighted by molar-refractivity contribution is -0.671. The highest BCUT2D eigenvalue weighted by molar-refractivity contribution is 5.71. The number of para-hydroxylation sites is 2. The number of hydrogen-bond donors (Lipinski definition) is 0. The van der Waals surface area contributed by atoms with Gasteiger partial charge in [0.05, 0.1) is 18.5 Å². The standard InChI is InChI=1S/C14H18N3.BrH/c1-3-12(2)17-11-16(10-6-9-15)13-7-4-5-8-14(13)17;/h4-5,7-8,11-12H,3,6,10H2,1-2H3;1H/q+1;/p-1. The van der Waals surface area contributed by atoms with Gasteiger partial charge in [-0.1, -0.05) is 19.1 Å². The van der Waals surface area contributed by atoms with Gasteiger partial charge in [-0.25, -0.2) is 9.13 Å². The van der Waals surface area contributed by atoms with Crippen LogP contribution >= 0.6 is 0 Å². The first-order valence-corrected chi connectivity index (χ1v) is 6.14. The Bertz CT molecular complexity index is 554. The Morgan fingerprint density at radius 2 is 2.11 bits per heavy atom. The van der Waals surface area contributed by atoms with E-state index in [9.17, 15) is 0 Å². The summed E-state index contributed by atoms with van der Waals surface area (Å²) in [6.45, 7) is 5.18. The van der Waals surface area contributed by atoms with Gasteiger partial charge in [0.15, 0.2) is 11.0 Å². The van der Waals surface area contributed by atoms with Crippen molar-refractivity contribution in [1.29, 1.82) is 5.26 Å². The largest absolute Gasteiger partial charge is 1.00 e. The molecule has 3 nitrogen and oxygen atoms in total. The molecule has 0 amide bonds. The molecular weight excluding hydrogens is 290 g/mol. The number of imidazole rings is 1. The molecule has 0 aliphatic carbocycles. The smallest absolute Gasteiger partial charge is 0.244 e. The molecule has 1 aromatic heterocycles. The molecule has 0 saturated heterocycles. The molecule has 1 heterocycles. The van der Waals surface area contributed by atoms with Gasteiger partial charge in [-0.05, 0) is 25.5 Å². The van der Waals surface area contributed by atoms with E-state index in [4.69, 9.17) is 5.26 Å². The van der Waals surface area contributed by atoms with E-state index in [1.165, 1.54) is 11.0 Å². The molecule has 0 radical (unpaired) electrons. The molecule has 1 aromatic carbocycles. The van der Waals surface area contributed by atoms with E-state index in [-0.39, 0.29) is 17.0 Å². The van der Waals surface area contributed by atoms with E-state index in [0.29, 0.717) is 12.5 Å². The Hall–Kier alpha value is -1.34. The Morgan fingerprint density at radius 1 is 1.39 bits per heavy atom. The SMILES string of the molecule is CCC(C)n1c[n+](CCC#N)c2ccccc21.[Br-]. The molecule has 2 aromatic rings. The molecule has 4 heteroatoms. The van der Waals surface area contributed by atoms with Crippen molar-refractivity contribution in [3.8, 4) is 6.07 Å². The molecule has 18 heavy (non-hydrogen) atoms. The van der Waals surface area contributed by atoms with Crippen molar-refractivity contribution in [1.82, 2.24) is 4.57 Å². The van der Waals surface area contributed by atoms with Gasteiger partial charge >= 0.3 is 0 Å². The van der Waals surface area contributed by atoms with Gasteiger partial charge in [-0.2, -0.15) is 5.26 Å². The monoisotopic (exact) mass is 307 g/mol. The minimum atomic E-state index is 0. The first-order valence-electron chi connectivity index (χ1n) is 6.14. The average Bonchev–Trinajstić information content (AvgIpc) is 2.74. The lowest BCUT2D eigenvalue weighted by atomic mass is 10.2. The van der Waals surface area contributed by atoms with Crippen LogP contribution in [0.5, 0.6) is 0 Å². The Kier molecular flexibility index (Phi) is 5.36. The van der Waals surface area contributed by atoms with Crippen LogP contribution in [0.1, 0.15) is 32.7 Å². The number of aryl methyl sites for hydroxylation is 1. The average molecular weight is 308 g/mol. The third-order valence-electron chi connectivity index (χ3n) is 3.26. The fourth-order valence-corrected chi connectivity index (χ4v) is 2.10. The van der Waals surface area contributed by atoms with Gasteiger partial charge in [0.2, 0.25) is 6.33 Å². The van der Waals surface area contributed by atoms with E-state index in [1.54, 1.807) is 0 Å². The number of hydrogen-bond acceptors (Lipinski definition) is 1. The molecule has 0 saturated carbocycles. The summed E-state index contributed by atoms with van der Waals surface area (Å²) in [6.07, 6.45) is 3.80. The van der Waals surface area contributed by atoms with Crippen molar-refractivity contribution in [2.75, 3.05) is 0 Å². The first kappa shape index (κ1) is 14.7. The molecule has 0 spiro atoms. The summed E-state index contributed by atoms with van der Waals surface area (Å²) in [5, 5.41) is 8.69. The van der Waals surface area contributed by atoms with Crippen LogP contribution in [0.4, 0.5) is 0 Å². The fraction of sp³-hybridized carbons (Fsp3) is 0.429. The van der Waals surface area contributed by atoms with Crippen LogP contribution in [0, 0.1) is 11.3 Å². The number of halogens is 1. The van der Waals surface area contributed by atoms with Crippen molar-refractivity contribution < 1.29 is 21.5 Å². The minimum Gasteiger partial charge on any atom is -1.00 e. The van der Waals surface area contributed by atoms with Crippen molar-refractivity contribution in [3.63, 3.8) is 0 Å². The second-order valence-electron chi connectivity index (χ2n) is 4.37. The van der Waals surface area contributed by atoms with Gasteiger partial charge in [0, 0.05) is 0 Å². The maximum Gasteiger partial charge on any atom is 0.244 e. The zero-order chi connectivity index (χ0) is 12.3. The normalized spacial score (nSPS) is 11.8. The van der Waals surface area contributed by atoms with Crippen LogP contribution in [-0.4, -0.2) is 4.57 Å². The van der Waals surface area contributed by atoms with Gasteiger partial charge in [0.25, 0.3) is 0 Å². The number of fused-ring (bicyclic) bond motifs is 1. The molecule has 1 unspecified atom stereocenters. The van der Waals surface area contributed by atoms with E-state index >= 15 is 0 Å². The summed E-state index contributed by atoms with van der Waals surface area (Å²) in [4.78, 5) is 0. The lowest BCUT2D eigenvalue weighted by Crippen LogP contribution is -3.00. The summed E-state index contributed by atoms with van der Waals surface area (Å²) in [5.74, 6) is 0. The summed E-state index contributed by atoms with van der Waals surface area (Å²) in [6, 6.07) is 11.1. The lowest BCUT2D eigenvalue weighted by Gasteiger charge is -2.03. The summed E-state index contributed by atoms with van der Waals surface area (Å²) in [5.41, 5.74) is 2.46. The Morgan fingerprint density at radius 3 is 2.78 bits per heavy atom. The maximum absolute atomic E-state index is 8.69. The number of nitriles is 1. The van der Waals surface area contributed by atoms with Crippen LogP contribution < -0.4 is 21.5 Å². The molecule has 0 fully saturated rings. The fourth-order valence-electron chi connectivity index (χ4n) is 2.10. The zero-order valence-corrected chi connectivity index (χ0v) is 12.4. The van der Waals surface area contributed by atoms with Gasteiger partial charge in [-0.15, -0.1) is 0 Å². The molecule has 0 aliphatic heterocycles. The quantitative estimate of drug-likeness (QED) is 0.721. The highest BCUT2D eigenvalue weighted by Gasteiger charge is 2.17. The van der Waals surface area contributed by atoms with Crippen LogP contribution in [0.2, 0.25) is 0 Å². The van der Waals surface area contributed by atoms with Crippen LogP contribution in [0.3, 0.4) is 0 Å². The molecule has 1 atom stereocenters. The van der Waals surface area contributed by atoms with Gasteiger partial charge in [0.1, 0.15) is 6.54 Å². The maximum atomic E-state index is 8.69. The van der Waals surface area contributed by atoms with E-state index in [2.05, 4.69) is 53.6 Å². The van der Waals surface area contributed by atoms with E-state index < -0.39 is 0 Å². The molecule has 0 N–H and O–H groups in total. The first-order chi connectivity index (χ1) is 8.27. The molecular formula is C14H18BrN3. The number of benzene rings is 1. The van der Waals surface area contributed by atoms with Gasteiger partial charge < -0.3 is 17.0 Å². The van der Waals surface area contributed by atoms with E-state index in [1.807, 2.05) is 6.07 Å². The Labute approximate surface area is 118 Å². The van der Waals surface area contributed by atoms with Crippen molar-refractivity contribution in [2.24, 2.45) is 0 Å². The number of nitrogens with zero attached hydrogens (tertiary/aromatic N) is 3. The summed E-state index contributed by atoms with van der Waals surface area (Å²) >= 11 is 0. The van der Waals surface area contributed by atoms with Crippen LogP contribution in [0.15, 0.2) is 30.6 Å². The van der Waals surface area contributed by atoms with Crippen molar-refractivity contribution >= 4 is 11.0 Å². The molecule has 0 aliphatic rings. The minimum absolute atomic E-state index is 0. The number of aromatic nitrogens is 2. The van der Waals surface area contributed by atoms with Crippen molar-refractivity contribution in [2.45, 2.75) is 39.3 Å². The zero-order valence-electron chi connectivity index (χ0n) is 10.8. The third-order valence-corrected chi connectivity index (χ3v) is 3.26.